The molecule has 0 aliphatic rings. The minimum absolute atomic E-state index is 0.0467. The second-order valence-corrected chi connectivity index (χ2v) is 4.36. The van der Waals surface area contributed by atoms with Gasteiger partial charge < -0.3 is 10.8 Å². The lowest BCUT2D eigenvalue weighted by atomic mass is 10.2. The predicted molar refractivity (Wildman–Crippen MR) is 66.8 cm³/mol. The number of aromatic carboxylic acids is 1. The number of aromatic nitrogens is 2. The van der Waals surface area contributed by atoms with Crippen molar-refractivity contribution < 1.29 is 9.90 Å². The molecule has 3 N–H and O–H groups in total. The van der Waals surface area contributed by atoms with Crippen LogP contribution in [0.3, 0.4) is 0 Å². The van der Waals surface area contributed by atoms with E-state index in [1.54, 1.807) is 0 Å². The maximum absolute atomic E-state index is 10.7. The zero-order chi connectivity index (χ0) is 12.4. The molecule has 1 aromatic heterocycles. The molecule has 0 radical (unpaired) electrons. The van der Waals surface area contributed by atoms with Crippen molar-refractivity contribution in [2.75, 3.05) is 5.73 Å². The van der Waals surface area contributed by atoms with Gasteiger partial charge in [0.2, 0.25) is 0 Å². The molecule has 17 heavy (non-hydrogen) atoms. The number of hydrogen-bond acceptors (Lipinski definition) is 3. The molecule has 0 bridgehead atoms. The van der Waals surface area contributed by atoms with Crippen molar-refractivity contribution in [2.24, 2.45) is 0 Å². The number of carbonyl (C=O) groups is 1. The van der Waals surface area contributed by atoms with E-state index in [1.807, 2.05) is 24.3 Å². The van der Waals surface area contributed by atoms with Gasteiger partial charge in [0.25, 0.3) is 0 Å². The van der Waals surface area contributed by atoms with Crippen molar-refractivity contribution in [1.82, 2.24) is 9.78 Å². The third-order valence-corrected chi connectivity index (χ3v) is 3.08. The Morgan fingerprint density at radius 2 is 2.18 bits per heavy atom. The average Bonchev–Trinajstić information content (AvgIpc) is 2.64. The minimum Gasteiger partial charge on any atom is -0.476 e. The first-order chi connectivity index (χ1) is 8.08. The van der Waals surface area contributed by atoms with Crippen LogP contribution in [0.15, 0.2) is 34.8 Å². The van der Waals surface area contributed by atoms with Crippen LogP contribution in [0.5, 0.6) is 0 Å². The summed E-state index contributed by atoms with van der Waals surface area (Å²) in [4.78, 5) is 10.7. The van der Waals surface area contributed by atoms with Crippen LogP contribution in [-0.2, 0) is 6.54 Å². The first-order valence-corrected chi connectivity index (χ1v) is 5.67. The minimum atomic E-state index is -1.08. The van der Waals surface area contributed by atoms with E-state index in [4.69, 9.17) is 10.8 Å². The lowest BCUT2D eigenvalue weighted by Gasteiger charge is -2.05. The molecule has 0 fully saturated rings. The highest BCUT2D eigenvalue weighted by Crippen LogP contribution is 2.18. The van der Waals surface area contributed by atoms with E-state index in [1.165, 1.54) is 10.7 Å². The zero-order valence-corrected chi connectivity index (χ0v) is 10.4. The number of nitrogens with two attached hydrogens (primary N) is 1. The van der Waals surface area contributed by atoms with Gasteiger partial charge >= 0.3 is 5.97 Å². The molecule has 0 spiro atoms. The SMILES string of the molecule is Nc1cc(C(=O)O)nn1Cc1ccccc1Br. The highest BCUT2D eigenvalue weighted by molar-refractivity contribution is 9.10. The van der Waals surface area contributed by atoms with Crippen LogP contribution >= 0.6 is 15.9 Å². The number of rotatable bonds is 3. The third kappa shape index (κ3) is 2.47. The van der Waals surface area contributed by atoms with Gasteiger partial charge in [-0.15, -0.1) is 0 Å². The van der Waals surface area contributed by atoms with Gasteiger partial charge in [-0.3, -0.25) is 0 Å². The summed E-state index contributed by atoms with van der Waals surface area (Å²) in [5.41, 5.74) is 6.64. The Hall–Kier alpha value is -1.82. The van der Waals surface area contributed by atoms with Gasteiger partial charge in [0.05, 0.1) is 6.54 Å². The Morgan fingerprint density at radius 3 is 2.76 bits per heavy atom. The fourth-order valence-corrected chi connectivity index (χ4v) is 1.86. The molecule has 0 saturated heterocycles. The average molecular weight is 296 g/mol. The Bertz CT molecular complexity index is 566. The maximum atomic E-state index is 10.7. The van der Waals surface area contributed by atoms with Gasteiger partial charge in [0, 0.05) is 10.5 Å². The van der Waals surface area contributed by atoms with E-state index in [0.29, 0.717) is 12.4 Å². The van der Waals surface area contributed by atoms with E-state index in [-0.39, 0.29) is 5.69 Å². The summed E-state index contributed by atoms with van der Waals surface area (Å²) in [6.45, 7) is 0.431. The molecule has 0 unspecified atom stereocenters. The summed E-state index contributed by atoms with van der Waals surface area (Å²) >= 11 is 3.42. The second-order valence-electron chi connectivity index (χ2n) is 3.51. The van der Waals surface area contributed by atoms with E-state index in [0.717, 1.165) is 10.0 Å². The molecule has 88 valence electrons. The van der Waals surface area contributed by atoms with E-state index in [2.05, 4.69) is 21.0 Å². The number of anilines is 1. The third-order valence-electron chi connectivity index (χ3n) is 2.31. The number of carboxylic acids is 1. The van der Waals surface area contributed by atoms with Crippen molar-refractivity contribution in [2.45, 2.75) is 6.54 Å². The Labute approximate surface area is 106 Å². The highest BCUT2D eigenvalue weighted by Gasteiger charge is 2.11. The quantitative estimate of drug-likeness (QED) is 0.907. The smallest absolute Gasteiger partial charge is 0.356 e. The van der Waals surface area contributed by atoms with E-state index < -0.39 is 5.97 Å². The van der Waals surface area contributed by atoms with Crippen LogP contribution in [0.1, 0.15) is 16.1 Å². The van der Waals surface area contributed by atoms with Crippen LogP contribution in [0.25, 0.3) is 0 Å². The van der Waals surface area contributed by atoms with Crippen molar-refractivity contribution in [3.05, 3.63) is 46.1 Å². The first kappa shape index (κ1) is 11.7. The summed E-state index contributed by atoms with van der Waals surface area (Å²) in [5.74, 6) is -0.749. The van der Waals surface area contributed by atoms with Crippen LogP contribution in [0.2, 0.25) is 0 Å². The number of nitrogen functional groups attached to an aromatic ring is 1. The molecule has 0 saturated carbocycles. The first-order valence-electron chi connectivity index (χ1n) is 4.88. The van der Waals surface area contributed by atoms with Crippen LogP contribution < -0.4 is 5.73 Å². The zero-order valence-electron chi connectivity index (χ0n) is 8.80. The molecule has 0 amide bonds. The van der Waals surface area contributed by atoms with Gasteiger partial charge in [-0.25, -0.2) is 9.48 Å². The standard InChI is InChI=1S/C11H10BrN3O2/c12-8-4-2-1-3-7(8)6-15-10(13)5-9(14-15)11(16)17/h1-5H,6,13H2,(H,16,17). The number of benzene rings is 1. The molecule has 1 aromatic carbocycles. The van der Waals surface area contributed by atoms with Crippen molar-refractivity contribution >= 4 is 27.7 Å². The van der Waals surface area contributed by atoms with Gasteiger partial charge in [-0.05, 0) is 11.6 Å². The van der Waals surface area contributed by atoms with Crippen LogP contribution in [0, 0.1) is 0 Å². The van der Waals surface area contributed by atoms with Crippen LogP contribution in [0.4, 0.5) is 5.82 Å². The summed E-state index contributed by atoms with van der Waals surface area (Å²) in [7, 11) is 0. The lowest BCUT2D eigenvalue weighted by Crippen LogP contribution is -2.07. The summed E-state index contributed by atoms with van der Waals surface area (Å²) in [5, 5.41) is 12.7. The fourth-order valence-electron chi connectivity index (χ4n) is 1.45. The van der Waals surface area contributed by atoms with Crippen LogP contribution in [-0.4, -0.2) is 20.9 Å². The Morgan fingerprint density at radius 1 is 1.47 bits per heavy atom. The largest absolute Gasteiger partial charge is 0.476 e. The molecule has 0 aliphatic heterocycles. The summed E-state index contributed by atoms with van der Waals surface area (Å²) in [6.07, 6.45) is 0. The van der Waals surface area contributed by atoms with E-state index in [9.17, 15) is 4.79 Å². The second kappa shape index (κ2) is 4.58. The lowest BCUT2D eigenvalue weighted by molar-refractivity contribution is 0.0689. The van der Waals surface area contributed by atoms with Gasteiger partial charge in [-0.2, -0.15) is 5.10 Å². The molecule has 5 nitrogen and oxygen atoms in total. The number of halogens is 1. The number of carboxylic acid groups (broad SMARTS) is 1. The molecule has 2 aromatic rings. The normalized spacial score (nSPS) is 10.4. The van der Waals surface area contributed by atoms with Crippen molar-refractivity contribution in [1.29, 1.82) is 0 Å². The summed E-state index contributed by atoms with van der Waals surface area (Å²) in [6, 6.07) is 8.98. The topological polar surface area (TPSA) is 81.1 Å². The van der Waals surface area contributed by atoms with Crippen molar-refractivity contribution in [3.8, 4) is 0 Å². The van der Waals surface area contributed by atoms with E-state index >= 15 is 0 Å². The highest BCUT2D eigenvalue weighted by atomic mass is 79.9. The van der Waals surface area contributed by atoms with Gasteiger partial charge in [-0.1, -0.05) is 34.1 Å². The molecule has 0 atom stereocenters. The predicted octanol–water partition coefficient (Wildman–Crippen LogP) is 1.97. The molecule has 2 rings (SSSR count). The number of hydrogen-bond donors (Lipinski definition) is 2. The number of nitrogens with zero attached hydrogens (tertiary/aromatic N) is 2. The Kier molecular flexibility index (Phi) is 3.14. The molecular weight excluding hydrogens is 286 g/mol. The fraction of sp³-hybridized carbons (Fsp3) is 0.0909. The maximum Gasteiger partial charge on any atom is 0.356 e. The Balaban J connectivity index is 2.30. The van der Waals surface area contributed by atoms with Gasteiger partial charge in [0.15, 0.2) is 5.69 Å². The molecule has 1 heterocycles. The monoisotopic (exact) mass is 295 g/mol. The molecule has 0 aliphatic carbocycles. The summed E-state index contributed by atoms with van der Waals surface area (Å²) < 4.78 is 2.40. The van der Waals surface area contributed by atoms with Crippen molar-refractivity contribution in [3.63, 3.8) is 0 Å². The molecule has 6 heteroatoms. The van der Waals surface area contributed by atoms with Gasteiger partial charge in [0.1, 0.15) is 5.82 Å². The molecular formula is C11H10BrN3O2.